The van der Waals surface area contributed by atoms with Crippen molar-refractivity contribution in [2.24, 2.45) is 0 Å². The Balaban J connectivity index is 1.47. The van der Waals surface area contributed by atoms with Gasteiger partial charge in [-0.05, 0) is 86.5 Å². The van der Waals surface area contributed by atoms with E-state index >= 15 is 0 Å². The minimum absolute atomic E-state index is 0.0858. The fourth-order valence-corrected chi connectivity index (χ4v) is 4.35. The molecule has 1 atom stereocenters. The van der Waals surface area contributed by atoms with Gasteiger partial charge < -0.3 is 15.4 Å². The van der Waals surface area contributed by atoms with Crippen LogP contribution in [0.2, 0.25) is 0 Å². The summed E-state index contributed by atoms with van der Waals surface area (Å²) in [6.07, 6.45) is 6.28. The second-order valence-electron chi connectivity index (χ2n) is 8.50. The topological polar surface area (TPSA) is 33.3 Å². The molecule has 1 saturated carbocycles. The first-order chi connectivity index (χ1) is 13.4. The van der Waals surface area contributed by atoms with Crippen molar-refractivity contribution < 1.29 is 4.74 Å². The van der Waals surface area contributed by atoms with Gasteiger partial charge in [-0.15, -0.1) is 0 Å². The molecule has 150 valence electrons. The SMILES string of the molecule is CC(CC(C)(C)c1ccccc1)NC(=S)Nc1ccc(OC2CCCC2)cc1. The van der Waals surface area contributed by atoms with E-state index < -0.39 is 0 Å². The lowest BCUT2D eigenvalue weighted by Crippen LogP contribution is -2.39. The first-order valence-corrected chi connectivity index (χ1v) is 10.7. The second-order valence-corrected chi connectivity index (χ2v) is 8.91. The molecule has 2 aromatic carbocycles. The van der Waals surface area contributed by atoms with Gasteiger partial charge in [-0.1, -0.05) is 44.2 Å². The van der Waals surface area contributed by atoms with Crippen molar-refractivity contribution in [2.45, 2.75) is 70.4 Å². The Morgan fingerprint density at radius 1 is 1.07 bits per heavy atom. The zero-order valence-corrected chi connectivity index (χ0v) is 18.0. The summed E-state index contributed by atoms with van der Waals surface area (Å²) in [5.41, 5.74) is 2.41. The normalized spacial score (nSPS) is 15.8. The van der Waals surface area contributed by atoms with Crippen LogP contribution in [-0.4, -0.2) is 17.3 Å². The molecule has 0 aromatic heterocycles. The molecule has 0 aliphatic heterocycles. The van der Waals surface area contributed by atoms with Crippen LogP contribution >= 0.6 is 12.2 Å². The standard InChI is InChI=1S/C24H32N2OS/c1-18(17-24(2,3)19-9-5-4-6-10-19)25-23(28)26-20-13-15-22(16-14-20)27-21-11-7-8-12-21/h4-6,9-10,13-16,18,21H,7-8,11-12,17H2,1-3H3,(H2,25,26,28). The Labute approximate surface area is 174 Å². The summed E-state index contributed by atoms with van der Waals surface area (Å²) in [5.74, 6) is 0.939. The minimum Gasteiger partial charge on any atom is -0.490 e. The number of thiocarbonyl (C=S) groups is 1. The van der Waals surface area contributed by atoms with Crippen LogP contribution in [0, 0.1) is 0 Å². The number of benzene rings is 2. The lowest BCUT2D eigenvalue weighted by Gasteiger charge is -2.29. The largest absolute Gasteiger partial charge is 0.490 e. The number of hydrogen-bond acceptors (Lipinski definition) is 2. The molecule has 2 N–H and O–H groups in total. The van der Waals surface area contributed by atoms with E-state index in [0.717, 1.165) is 17.9 Å². The molecule has 0 spiro atoms. The van der Waals surface area contributed by atoms with Crippen molar-refractivity contribution in [3.63, 3.8) is 0 Å². The molecule has 0 heterocycles. The van der Waals surface area contributed by atoms with Crippen LogP contribution in [0.25, 0.3) is 0 Å². The average molecular weight is 397 g/mol. The van der Waals surface area contributed by atoms with Gasteiger partial charge in [0.2, 0.25) is 0 Å². The first-order valence-electron chi connectivity index (χ1n) is 10.3. The van der Waals surface area contributed by atoms with Crippen molar-refractivity contribution in [1.82, 2.24) is 5.32 Å². The molecule has 2 aromatic rings. The fraction of sp³-hybridized carbons (Fsp3) is 0.458. The maximum Gasteiger partial charge on any atom is 0.170 e. The maximum atomic E-state index is 6.02. The number of nitrogens with one attached hydrogen (secondary N) is 2. The van der Waals surface area contributed by atoms with Gasteiger partial charge in [0.25, 0.3) is 0 Å². The zero-order valence-electron chi connectivity index (χ0n) is 17.2. The molecule has 4 heteroatoms. The molecule has 0 bridgehead atoms. The molecule has 28 heavy (non-hydrogen) atoms. The van der Waals surface area contributed by atoms with E-state index in [4.69, 9.17) is 17.0 Å². The highest BCUT2D eigenvalue weighted by molar-refractivity contribution is 7.80. The third-order valence-corrected chi connectivity index (χ3v) is 5.69. The second kappa shape index (κ2) is 9.42. The van der Waals surface area contributed by atoms with Gasteiger partial charge in [-0.25, -0.2) is 0 Å². The van der Waals surface area contributed by atoms with Gasteiger partial charge in [0.15, 0.2) is 5.11 Å². The van der Waals surface area contributed by atoms with Gasteiger partial charge in [0, 0.05) is 11.7 Å². The highest BCUT2D eigenvalue weighted by Gasteiger charge is 2.23. The Kier molecular flexibility index (Phi) is 6.95. The van der Waals surface area contributed by atoms with Gasteiger partial charge in [0.05, 0.1) is 6.10 Å². The van der Waals surface area contributed by atoms with Gasteiger partial charge in [-0.3, -0.25) is 0 Å². The molecule has 3 rings (SSSR count). The molecule has 1 aliphatic carbocycles. The van der Waals surface area contributed by atoms with Crippen LogP contribution < -0.4 is 15.4 Å². The highest BCUT2D eigenvalue weighted by atomic mass is 32.1. The van der Waals surface area contributed by atoms with E-state index in [2.05, 4.69) is 61.7 Å². The summed E-state index contributed by atoms with van der Waals surface area (Å²) in [4.78, 5) is 0. The average Bonchev–Trinajstić information content (AvgIpc) is 3.16. The first kappa shape index (κ1) is 20.7. The maximum absolute atomic E-state index is 6.02. The number of ether oxygens (including phenoxy) is 1. The zero-order chi connectivity index (χ0) is 20.0. The lowest BCUT2D eigenvalue weighted by atomic mass is 9.79. The third-order valence-electron chi connectivity index (χ3n) is 5.47. The van der Waals surface area contributed by atoms with E-state index in [1.165, 1.54) is 31.2 Å². The molecule has 0 saturated heterocycles. The summed E-state index contributed by atoms with van der Waals surface area (Å²) in [5, 5.41) is 7.35. The van der Waals surface area contributed by atoms with Crippen molar-refractivity contribution in [2.75, 3.05) is 5.32 Å². The summed E-state index contributed by atoms with van der Waals surface area (Å²) in [7, 11) is 0. The highest BCUT2D eigenvalue weighted by Crippen LogP contribution is 2.28. The van der Waals surface area contributed by atoms with Gasteiger partial charge in [-0.2, -0.15) is 0 Å². The predicted octanol–water partition coefficient (Wildman–Crippen LogP) is 6.05. The van der Waals surface area contributed by atoms with Crippen LogP contribution in [0.4, 0.5) is 5.69 Å². The van der Waals surface area contributed by atoms with E-state index in [-0.39, 0.29) is 11.5 Å². The Morgan fingerprint density at radius 3 is 2.36 bits per heavy atom. The van der Waals surface area contributed by atoms with Crippen LogP contribution in [-0.2, 0) is 5.41 Å². The molecule has 1 fully saturated rings. The van der Waals surface area contributed by atoms with Crippen LogP contribution in [0.15, 0.2) is 54.6 Å². The van der Waals surface area contributed by atoms with E-state index in [0.29, 0.717) is 11.2 Å². The number of anilines is 1. The molecule has 0 amide bonds. The number of rotatable bonds is 7. The summed E-state index contributed by atoms with van der Waals surface area (Å²) < 4.78 is 6.02. The van der Waals surface area contributed by atoms with Gasteiger partial charge in [0.1, 0.15) is 5.75 Å². The minimum atomic E-state index is 0.0858. The molecular formula is C24H32N2OS. The number of hydrogen-bond donors (Lipinski definition) is 2. The predicted molar refractivity (Wildman–Crippen MR) is 122 cm³/mol. The smallest absolute Gasteiger partial charge is 0.170 e. The molecule has 1 aliphatic rings. The van der Waals surface area contributed by atoms with Crippen LogP contribution in [0.1, 0.15) is 58.4 Å². The fourth-order valence-electron chi connectivity index (χ4n) is 4.03. The van der Waals surface area contributed by atoms with E-state index in [1.54, 1.807) is 0 Å². The Bertz CT molecular complexity index is 752. The van der Waals surface area contributed by atoms with Crippen molar-refractivity contribution in [3.8, 4) is 5.75 Å². The molecule has 1 unspecified atom stereocenters. The third kappa shape index (κ3) is 5.96. The molecular weight excluding hydrogens is 364 g/mol. The summed E-state index contributed by atoms with van der Waals surface area (Å²) in [6, 6.07) is 19.0. The molecule has 0 radical (unpaired) electrons. The lowest BCUT2D eigenvalue weighted by molar-refractivity contribution is 0.210. The summed E-state index contributed by atoms with van der Waals surface area (Å²) >= 11 is 5.51. The van der Waals surface area contributed by atoms with Crippen molar-refractivity contribution in [1.29, 1.82) is 0 Å². The quantitative estimate of drug-likeness (QED) is 0.558. The van der Waals surface area contributed by atoms with E-state index in [9.17, 15) is 0 Å². The monoisotopic (exact) mass is 396 g/mol. The Hall–Kier alpha value is -2.07. The van der Waals surface area contributed by atoms with Gasteiger partial charge >= 0.3 is 0 Å². The van der Waals surface area contributed by atoms with E-state index in [1.807, 2.05) is 24.3 Å². The summed E-state index contributed by atoms with van der Waals surface area (Å²) in [6.45, 7) is 6.73. The van der Waals surface area contributed by atoms with Crippen molar-refractivity contribution >= 4 is 23.0 Å². The van der Waals surface area contributed by atoms with Crippen LogP contribution in [0.5, 0.6) is 5.75 Å². The van der Waals surface area contributed by atoms with Crippen LogP contribution in [0.3, 0.4) is 0 Å². The molecule has 3 nitrogen and oxygen atoms in total. The Morgan fingerprint density at radius 2 is 1.71 bits per heavy atom. The van der Waals surface area contributed by atoms with Crippen molar-refractivity contribution in [3.05, 3.63) is 60.2 Å².